The maximum Gasteiger partial charge on any atom is 0.135 e. The first-order valence-electron chi connectivity index (χ1n) is 6.09. The second kappa shape index (κ2) is 5.08. The van der Waals surface area contributed by atoms with Crippen LogP contribution in [0.15, 0.2) is 0 Å². The van der Waals surface area contributed by atoms with Gasteiger partial charge in [-0.1, -0.05) is 0 Å². The van der Waals surface area contributed by atoms with E-state index in [1.165, 1.54) is 12.8 Å². The van der Waals surface area contributed by atoms with E-state index in [-0.39, 0.29) is 0 Å². The summed E-state index contributed by atoms with van der Waals surface area (Å²) in [6, 6.07) is 0.438. The molecule has 0 aromatic rings. The Labute approximate surface area is 91.8 Å². The molecule has 2 unspecified atom stereocenters. The van der Waals surface area contributed by atoms with Gasteiger partial charge in [0.15, 0.2) is 0 Å². The topological polar surface area (TPSA) is 29.5 Å². The average Bonchev–Trinajstić information content (AvgIpc) is 2.24. The number of carbonyl (C=O) groups is 1. The number of piperidine rings is 1. The van der Waals surface area contributed by atoms with Gasteiger partial charge in [-0.2, -0.15) is 0 Å². The summed E-state index contributed by atoms with van der Waals surface area (Å²) in [7, 11) is 0. The lowest BCUT2D eigenvalue weighted by Gasteiger charge is -2.36. The van der Waals surface area contributed by atoms with Gasteiger partial charge in [-0.05, 0) is 25.7 Å². The van der Waals surface area contributed by atoms with Crippen LogP contribution in [0.3, 0.4) is 0 Å². The van der Waals surface area contributed by atoms with E-state index in [9.17, 15) is 4.79 Å². The number of hydrogen-bond acceptors (Lipinski definition) is 3. The molecule has 0 aliphatic carbocycles. The second-order valence-corrected chi connectivity index (χ2v) is 4.92. The lowest BCUT2D eigenvalue weighted by molar-refractivity contribution is -0.123. The summed E-state index contributed by atoms with van der Waals surface area (Å²) in [5.74, 6) is 1.12. The van der Waals surface area contributed by atoms with Gasteiger partial charge in [-0.3, -0.25) is 9.69 Å². The Morgan fingerprint density at radius 1 is 1.53 bits per heavy atom. The summed E-state index contributed by atoms with van der Waals surface area (Å²) < 4.78 is 5.49. The monoisotopic (exact) mass is 211 g/mol. The minimum absolute atomic E-state index is 0.429. The quantitative estimate of drug-likeness (QED) is 0.692. The van der Waals surface area contributed by atoms with Crippen LogP contribution in [0.4, 0.5) is 0 Å². The lowest BCUT2D eigenvalue weighted by Crippen LogP contribution is -2.44. The molecule has 2 fully saturated rings. The molecular weight excluding hydrogens is 190 g/mol. The SMILES string of the molecule is CC1CC(=O)CCN1CC1CCCOC1. The molecule has 0 aromatic carbocycles. The number of nitrogens with zero attached hydrogens (tertiary/aromatic N) is 1. The molecule has 0 amide bonds. The molecule has 2 aliphatic heterocycles. The fourth-order valence-electron chi connectivity index (χ4n) is 2.60. The van der Waals surface area contributed by atoms with E-state index >= 15 is 0 Å². The van der Waals surface area contributed by atoms with Crippen LogP contribution in [-0.4, -0.2) is 43.0 Å². The first-order valence-corrected chi connectivity index (χ1v) is 6.09. The number of rotatable bonds is 2. The number of carbonyl (C=O) groups excluding carboxylic acids is 1. The average molecular weight is 211 g/mol. The number of hydrogen-bond donors (Lipinski definition) is 0. The van der Waals surface area contributed by atoms with Gasteiger partial charge in [0, 0.05) is 38.6 Å². The molecule has 2 rings (SSSR count). The molecule has 0 spiro atoms. The van der Waals surface area contributed by atoms with Crippen molar-refractivity contribution < 1.29 is 9.53 Å². The Morgan fingerprint density at radius 3 is 3.07 bits per heavy atom. The van der Waals surface area contributed by atoms with Gasteiger partial charge in [0.1, 0.15) is 5.78 Å². The summed E-state index contributed by atoms with van der Waals surface area (Å²) in [5.41, 5.74) is 0. The second-order valence-electron chi connectivity index (χ2n) is 4.92. The minimum atomic E-state index is 0.429. The molecule has 2 saturated heterocycles. The van der Waals surface area contributed by atoms with Crippen LogP contribution in [0.2, 0.25) is 0 Å². The maximum absolute atomic E-state index is 11.3. The van der Waals surface area contributed by atoms with Gasteiger partial charge in [-0.15, -0.1) is 0 Å². The van der Waals surface area contributed by atoms with E-state index in [2.05, 4.69) is 11.8 Å². The predicted octanol–water partition coefficient (Wildman–Crippen LogP) is 1.47. The van der Waals surface area contributed by atoms with Crippen LogP contribution < -0.4 is 0 Å². The molecule has 2 aliphatic rings. The van der Waals surface area contributed by atoms with E-state index in [1.54, 1.807) is 0 Å². The van der Waals surface area contributed by atoms with Gasteiger partial charge >= 0.3 is 0 Å². The number of ether oxygens (including phenoxy) is 1. The molecule has 3 heteroatoms. The third-order valence-corrected chi connectivity index (χ3v) is 3.57. The molecule has 2 atom stereocenters. The van der Waals surface area contributed by atoms with E-state index in [0.29, 0.717) is 17.7 Å². The fourth-order valence-corrected chi connectivity index (χ4v) is 2.60. The molecule has 15 heavy (non-hydrogen) atoms. The van der Waals surface area contributed by atoms with E-state index in [0.717, 1.165) is 39.1 Å². The maximum atomic E-state index is 11.3. The van der Waals surface area contributed by atoms with E-state index < -0.39 is 0 Å². The van der Waals surface area contributed by atoms with Crippen molar-refractivity contribution in [3.63, 3.8) is 0 Å². The van der Waals surface area contributed by atoms with Crippen molar-refractivity contribution in [2.75, 3.05) is 26.3 Å². The molecule has 2 heterocycles. The lowest BCUT2D eigenvalue weighted by atomic mass is 9.97. The minimum Gasteiger partial charge on any atom is -0.381 e. The fraction of sp³-hybridized carbons (Fsp3) is 0.917. The van der Waals surface area contributed by atoms with Crippen LogP contribution in [-0.2, 0) is 9.53 Å². The normalized spacial score (nSPS) is 34.3. The zero-order chi connectivity index (χ0) is 10.7. The molecule has 0 N–H and O–H groups in total. The molecule has 86 valence electrons. The van der Waals surface area contributed by atoms with Gasteiger partial charge in [0.2, 0.25) is 0 Å². The zero-order valence-electron chi connectivity index (χ0n) is 9.58. The largest absolute Gasteiger partial charge is 0.381 e. The molecule has 0 saturated carbocycles. The van der Waals surface area contributed by atoms with Gasteiger partial charge in [-0.25, -0.2) is 0 Å². The van der Waals surface area contributed by atoms with Crippen molar-refractivity contribution in [3.05, 3.63) is 0 Å². The van der Waals surface area contributed by atoms with Crippen LogP contribution >= 0.6 is 0 Å². The van der Waals surface area contributed by atoms with Gasteiger partial charge < -0.3 is 4.74 Å². The van der Waals surface area contributed by atoms with Crippen LogP contribution in [0.1, 0.15) is 32.6 Å². The summed E-state index contributed by atoms with van der Waals surface area (Å²) in [6.45, 7) is 6.09. The Morgan fingerprint density at radius 2 is 2.40 bits per heavy atom. The summed E-state index contributed by atoms with van der Waals surface area (Å²) >= 11 is 0. The molecule has 3 nitrogen and oxygen atoms in total. The van der Waals surface area contributed by atoms with E-state index in [1.807, 2.05) is 0 Å². The number of ketones is 1. The van der Waals surface area contributed by atoms with Crippen molar-refractivity contribution in [1.29, 1.82) is 0 Å². The van der Waals surface area contributed by atoms with Crippen molar-refractivity contribution in [2.24, 2.45) is 5.92 Å². The van der Waals surface area contributed by atoms with Crippen LogP contribution in [0.25, 0.3) is 0 Å². The third kappa shape index (κ3) is 3.02. The first-order chi connectivity index (χ1) is 7.25. The number of Topliss-reactive ketones (excluding diaryl/α,β-unsaturated/α-hetero) is 1. The summed E-state index contributed by atoms with van der Waals surface area (Å²) in [4.78, 5) is 13.7. The number of likely N-dealkylation sites (tertiary alicyclic amines) is 1. The van der Waals surface area contributed by atoms with Gasteiger partial charge in [0.25, 0.3) is 0 Å². The Kier molecular flexibility index (Phi) is 3.76. The highest BCUT2D eigenvalue weighted by atomic mass is 16.5. The Balaban J connectivity index is 1.80. The Hall–Kier alpha value is -0.410. The van der Waals surface area contributed by atoms with Crippen molar-refractivity contribution in [3.8, 4) is 0 Å². The van der Waals surface area contributed by atoms with Crippen LogP contribution in [0.5, 0.6) is 0 Å². The van der Waals surface area contributed by atoms with Gasteiger partial charge in [0.05, 0.1) is 6.61 Å². The molecule has 0 radical (unpaired) electrons. The van der Waals surface area contributed by atoms with E-state index in [4.69, 9.17) is 4.74 Å². The van der Waals surface area contributed by atoms with Crippen molar-refractivity contribution in [1.82, 2.24) is 4.90 Å². The zero-order valence-corrected chi connectivity index (χ0v) is 9.58. The first kappa shape index (κ1) is 11.1. The smallest absolute Gasteiger partial charge is 0.135 e. The molecule has 0 bridgehead atoms. The van der Waals surface area contributed by atoms with Crippen molar-refractivity contribution in [2.45, 2.75) is 38.6 Å². The highest BCUT2D eigenvalue weighted by Crippen LogP contribution is 2.20. The standard InChI is InChI=1S/C12H21NO2/c1-10-7-12(14)4-5-13(10)8-11-3-2-6-15-9-11/h10-11H,2-9H2,1H3. The summed E-state index contributed by atoms with van der Waals surface area (Å²) in [5, 5.41) is 0. The third-order valence-electron chi connectivity index (χ3n) is 3.57. The molecule has 0 aromatic heterocycles. The Bertz CT molecular complexity index is 224. The highest BCUT2D eigenvalue weighted by Gasteiger charge is 2.26. The summed E-state index contributed by atoms with van der Waals surface area (Å²) in [6.07, 6.45) is 3.98. The molecular formula is C12H21NO2. The van der Waals surface area contributed by atoms with Crippen molar-refractivity contribution >= 4 is 5.78 Å². The predicted molar refractivity (Wildman–Crippen MR) is 58.8 cm³/mol. The van der Waals surface area contributed by atoms with Crippen LogP contribution in [0, 0.1) is 5.92 Å². The highest BCUT2D eigenvalue weighted by molar-refractivity contribution is 5.79.